The van der Waals surface area contributed by atoms with Crippen molar-refractivity contribution in [3.63, 3.8) is 0 Å². The van der Waals surface area contributed by atoms with Gasteiger partial charge in [0.25, 0.3) is 0 Å². The van der Waals surface area contributed by atoms with Gasteiger partial charge in [-0.3, -0.25) is 10.1 Å². The molecule has 2 atom stereocenters. The fourth-order valence-electron chi connectivity index (χ4n) is 1.75. The minimum Gasteiger partial charge on any atom is -0.377 e. The summed E-state index contributed by atoms with van der Waals surface area (Å²) in [5.74, 6) is 0.630. The van der Waals surface area contributed by atoms with Crippen LogP contribution < -0.4 is 11.1 Å². The van der Waals surface area contributed by atoms with Gasteiger partial charge < -0.3 is 10.5 Å². The predicted molar refractivity (Wildman–Crippen MR) is 67.8 cm³/mol. The van der Waals surface area contributed by atoms with Gasteiger partial charge in [-0.15, -0.1) is 11.8 Å². The van der Waals surface area contributed by atoms with E-state index in [1.165, 1.54) is 11.8 Å². The number of hydrogen-bond donors (Lipinski definition) is 2. The Kier molecular flexibility index (Phi) is 5.77. The van der Waals surface area contributed by atoms with Gasteiger partial charge in [-0.2, -0.15) is 0 Å². The van der Waals surface area contributed by atoms with E-state index in [2.05, 4.69) is 5.32 Å². The van der Waals surface area contributed by atoms with Crippen LogP contribution in [0.25, 0.3) is 0 Å². The van der Waals surface area contributed by atoms with Crippen molar-refractivity contribution in [1.29, 1.82) is 0 Å². The number of ether oxygens (including phenoxy) is 1. The topological polar surface area (TPSA) is 81.4 Å². The molecule has 0 aromatic carbocycles. The molecule has 3 amide bonds. The van der Waals surface area contributed by atoms with E-state index in [1.54, 1.807) is 0 Å². The van der Waals surface area contributed by atoms with E-state index < -0.39 is 6.03 Å². The molecule has 98 valence electrons. The fraction of sp³-hybridized carbons (Fsp3) is 0.818. The molecular formula is C11H20N2O3S. The molecule has 0 aromatic rings. The molecule has 0 bridgehead atoms. The third-order valence-electron chi connectivity index (χ3n) is 2.60. The predicted octanol–water partition coefficient (Wildman–Crippen LogP) is 1.12. The lowest BCUT2D eigenvalue weighted by Gasteiger charge is -2.20. The highest BCUT2D eigenvalue weighted by molar-refractivity contribution is 8.00. The number of primary amides is 1. The SMILES string of the molecule is CC(C)[C@@H](SC[C@@H]1CCCO1)C(=O)NC(N)=O. The highest BCUT2D eigenvalue weighted by Gasteiger charge is 2.26. The summed E-state index contributed by atoms with van der Waals surface area (Å²) < 4.78 is 5.50. The summed E-state index contributed by atoms with van der Waals surface area (Å²) in [6, 6.07) is -0.793. The normalized spacial score (nSPS) is 21.5. The van der Waals surface area contributed by atoms with Gasteiger partial charge in [0.05, 0.1) is 11.4 Å². The number of thioether (sulfide) groups is 1. The van der Waals surface area contributed by atoms with Gasteiger partial charge in [0.2, 0.25) is 5.91 Å². The third kappa shape index (κ3) is 4.95. The number of amides is 3. The molecule has 1 saturated heterocycles. The van der Waals surface area contributed by atoms with Gasteiger partial charge >= 0.3 is 6.03 Å². The van der Waals surface area contributed by atoms with E-state index in [1.807, 2.05) is 13.8 Å². The Hall–Kier alpha value is -0.750. The average molecular weight is 260 g/mol. The van der Waals surface area contributed by atoms with Gasteiger partial charge in [0.15, 0.2) is 0 Å². The Balaban J connectivity index is 2.41. The van der Waals surface area contributed by atoms with Crippen LogP contribution in [0.4, 0.5) is 4.79 Å². The lowest BCUT2D eigenvalue weighted by atomic mass is 10.1. The average Bonchev–Trinajstić information content (AvgIpc) is 2.68. The fourth-order valence-corrected chi connectivity index (χ4v) is 3.03. The molecule has 3 N–H and O–H groups in total. The van der Waals surface area contributed by atoms with Crippen molar-refractivity contribution < 1.29 is 14.3 Å². The van der Waals surface area contributed by atoms with Crippen LogP contribution in [0.5, 0.6) is 0 Å². The zero-order valence-electron chi connectivity index (χ0n) is 10.3. The Morgan fingerprint density at radius 1 is 1.53 bits per heavy atom. The van der Waals surface area contributed by atoms with Crippen molar-refractivity contribution >= 4 is 23.7 Å². The quantitative estimate of drug-likeness (QED) is 0.776. The van der Waals surface area contributed by atoms with E-state index in [4.69, 9.17) is 10.5 Å². The van der Waals surface area contributed by atoms with Gasteiger partial charge in [0.1, 0.15) is 0 Å². The first-order valence-electron chi connectivity index (χ1n) is 5.84. The van der Waals surface area contributed by atoms with E-state index in [-0.39, 0.29) is 23.2 Å². The first-order valence-corrected chi connectivity index (χ1v) is 6.89. The zero-order valence-corrected chi connectivity index (χ0v) is 11.1. The summed E-state index contributed by atoms with van der Waals surface area (Å²) in [6.07, 6.45) is 2.38. The highest BCUT2D eigenvalue weighted by Crippen LogP contribution is 2.24. The lowest BCUT2D eigenvalue weighted by molar-refractivity contribution is -0.120. The molecule has 0 aliphatic carbocycles. The van der Waals surface area contributed by atoms with Crippen molar-refractivity contribution in [3.05, 3.63) is 0 Å². The maximum Gasteiger partial charge on any atom is 0.318 e. The first-order chi connectivity index (χ1) is 8.00. The number of carbonyl (C=O) groups is 2. The summed E-state index contributed by atoms with van der Waals surface area (Å²) in [5.41, 5.74) is 4.94. The molecule has 0 radical (unpaired) electrons. The summed E-state index contributed by atoms with van der Waals surface area (Å²) in [7, 11) is 0. The van der Waals surface area contributed by atoms with Gasteiger partial charge in [-0.1, -0.05) is 13.8 Å². The minimum atomic E-state index is -0.793. The second-order valence-corrected chi connectivity index (χ2v) is 5.66. The van der Waals surface area contributed by atoms with Gasteiger partial charge in [0, 0.05) is 12.4 Å². The van der Waals surface area contributed by atoms with Crippen LogP contribution in [-0.2, 0) is 9.53 Å². The summed E-state index contributed by atoms with van der Waals surface area (Å²) in [6.45, 7) is 4.71. The van der Waals surface area contributed by atoms with E-state index >= 15 is 0 Å². The van der Waals surface area contributed by atoms with Gasteiger partial charge in [-0.05, 0) is 18.8 Å². The molecule has 1 fully saturated rings. The third-order valence-corrected chi connectivity index (χ3v) is 4.28. The molecule has 1 aliphatic heterocycles. The molecular weight excluding hydrogens is 240 g/mol. The second-order valence-electron chi connectivity index (χ2n) is 4.49. The van der Waals surface area contributed by atoms with Crippen LogP contribution in [0, 0.1) is 5.92 Å². The van der Waals surface area contributed by atoms with Crippen molar-refractivity contribution in [2.75, 3.05) is 12.4 Å². The molecule has 0 saturated carbocycles. The Morgan fingerprint density at radius 2 is 2.24 bits per heavy atom. The van der Waals surface area contributed by atoms with Gasteiger partial charge in [-0.25, -0.2) is 4.79 Å². The van der Waals surface area contributed by atoms with Crippen molar-refractivity contribution in [3.8, 4) is 0 Å². The summed E-state index contributed by atoms with van der Waals surface area (Å²) in [4.78, 5) is 22.4. The molecule has 1 rings (SSSR count). The van der Waals surface area contributed by atoms with Crippen LogP contribution in [0.3, 0.4) is 0 Å². The molecule has 0 unspecified atom stereocenters. The molecule has 17 heavy (non-hydrogen) atoms. The van der Waals surface area contributed by atoms with Crippen LogP contribution in [0.1, 0.15) is 26.7 Å². The Labute approximate surface area is 106 Å². The van der Waals surface area contributed by atoms with E-state index in [0.29, 0.717) is 0 Å². The van der Waals surface area contributed by atoms with Crippen LogP contribution in [0.2, 0.25) is 0 Å². The highest BCUT2D eigenvalue weighted by atomic mass is 32.2. The van der Waals surface area contributed by atoms with Crippen molar-refractivity contribution in [2.45, 2.75) is 38.0 Å². The number of nitrogens with one attached hydrogen (secondary N) is 1. The molecule has 5 nitrogen and oxygen atoms in total. The summed E-state index contributed by atoms with van der Waals surface area (Å²) in [5, 5.41) is 1.88. The number of rotatable bonds is 5. The van der Waals surface area contributed by atoms with Crippen LogP contribution >= 0.6 is 11.8 Å². The number of nitrogens with two attached hydrogens (primary N) is 1. The standard InChI is InChI=1S/C11H20N2O3S/c1-7(2)9(10(14)13-11(12)15)17-6-8-4-3-5-16-8/h7-9H,3-6H2,1-2H3,(H3,12,13,14,15)/t8-,9+/m0/s1. The number of carbonyl (C=O) groups excluding carboxylic acids is 2. The zero-order chi connectivity index (χ0) is 12.8. The Morgan fingerprint density at radius 3 is 2.71 bits per heavy atom. The van der Waals surface area contributed by atoms with E-state index in [0.717, 1.165) is 25.2 Å². The second kappa shape index (κ2) is 6.86. The molecule has 1 heterocycles. The molecule has 0 aromatic heterocycles. The maximum absolute atomic E-state index is 11.7. The van der Waals surface area contributed by atoms with Crippen molar-refractivity contribution in [1.82, 2.24) is 5.32 Å². The number of imide groups is 1. The number of hydrogen-bond acceptors (Lipinski definition) is 4. The molecule has 0 spiro atoms. The number of urea groups is 1. The van der Waals surface area contributed by atoms with Crippen LogP contribution in [-0.4, -0.2) is 35.7 Å². The first kappa shape index (κ1) is 14.3. The van der Waals surface area contributed by atoms with E-state index in [9.17, 15) is 9.59 Å². The molecule has 1 aliphatic rings. The summed E-state index contributed by atoms with van der Waals surface area (Å²) >= 11 is 1.53. The largest absolute Gasteiger partial charge is 0.377 e. The van der Waals surface area contributed by atoms with Crippen molar-refractivity contribution in [2.24, 2.45) is 11.7 Å². The maximum atomic E-state index is 11.7. The molecule has 6 heteroatoms. The monoisotopic (exact) mass is 260 g/mol. The van der Waals surface area contributed by atoms with Crippen LogP contribution in [0.15, 0.2) is 0 Å². The smallest absolute Gasteiger partial charge is 0.318 e. The minimum absolute atomic E-state index is 0.153. The Bertz CT molecular complexity index is 278. The lowest BCUT2D eigenvalue weighted by Crippen LogP contribution is -2.42.